The van der Waals surface area contributed by atoms with E-state index >= 15 is 0 Å². The van der Waals surface area contributed by atoms with Crippen LogP contribution < -0.4 is 4.90 Å². The number of amides is 1. The van der Waals surface area contributed by atoms with Gasteiger partial charge in [0.2, 0.25) is 5.91 Å². The van der Waals surface area contributed by atoms with Crippen LogP contribution in [0.4, 0.5) is 5.69 Å². The first-order valence-electron chi connectivity index (χ1n) is 7.90. The number of likely N-dealkylation sites (tertiary alicyclic amines) is 1. The predicted molar refractivity (Wildman–Crippen MR) is 82.7 cm³/mol. The molecule has 2 aliphatic rings. The summed E-state index contributed by atoms with van der Waals surface area (Å²) in [6.45, 7) is 2.94. The minimum Gasteiger partial charge on any atom is -0.362 e. The quantitative estimate of drug-likeness (QED) is 0.838. The number of rotatable bonds is 2. The molecule has 1 amide bonds. The van der Waals surface area contributed by atoms with Crippen LogP contribution in [0.1, 0.15) is 42.5 Å². The largest absolute Gasteiger partial charge is 0.362 e. The number of nitrogens with zero attached hydrogens (tertiary/aromatic N) is 2. The fourth-order valence-electron chi connectivity index (χ4n) is 3.24. The molecule has 1 fully saturated rings. The number of benzene rings is 1. The van der Waals surface area contributed by atoms with Crippen LogP contribution in [0.3, 0.4) is 0 Å². The van der Waals surface area contributed by atoms with Gasteiger partial charge in [-0.05, 0) is 37.8 Å². The van der Waals surface area contributed by atoms with Crippen LogP contribution in [0.5, 0.6) is 0 Å². The molecule has 4 heteroatoms. The summed E-state index contributed by atoms with van der Waals surface area (Å²) in [4.78, 5) is 28.6. The smallest absolute Gasteiger partial charge is 0.242 e. The van der Waals surface area contributed by atoms with E-state index in [2.05, 4.69) is 4.90 Å². The molecular weight excluding hydrogens is 264 g/mol. The van der Waals surface area contributed by atoms with Crippen molar-refractivity contribution in [2.75, 3.05) is 31.1 Å². The number of carbonyl (C=O) groups is 2. The molecule has 21 heavy (non-hydrogen) atoms. The van der Waals surface area contributed by atoms with Crippen molar-refractivity contribution >= 4 is 17.4 Å². The van der Waals surface area contributed by atoms with E-state index in [0.717, 1.165) is 50.1 Å². The Morgan fingerprint density at radius 2 is 1.76 bits per heavy atom. The number of anilines is 1. The van der Waals surface area contributed by atoms with Gasteiger partial charge in [0.05, 0.1) is 6.54 Å². The molecule has 0 radical (unpaired) electrons. The lowest BCUT2D eigenvalue weighted by Crippen LogP contribution is -2.43. The minimum atomic E-state index is 0.193. The Morgan fingerprint density at radius 1 is 1.00 bits per heavy atom. The van der Waals surface area contributed by atoms with E-state index in [9.17, 15) is 9.59 Å². The van der Waals surface area contributed by atoms with Crippen LogP contribution in [-0.4, -0.2) is 42.8 Å². The van der Waals surface area contributed by atoms with E-state index in [1.807, 2.05) is 29.2 Å². The molecule has 0 unspecified atom stereocenters. The van der Waals surface area contributed by atoms with Gasteiger partial charge in [-0.25, -0.2) is 0 Å². The molecule has 2 aliphatic heterocycles. The lowest BCUT2D eigenvalue weighted by Gasteiger charge is -2.31. The molecule has 4 nitrogen and oxygen atoms in total. The summed E-state index contributed by atoms with van der Waals surface area (Å²) in [5.41, 5.74) is 1.69. The summed E-state index contributed by atoms with van der Waals surface area (Å²) >= 11 is 0. The molecule has 0 saturated carbocycles. The summed E-state index contributed by atoms with van der Waals surface area (Å²) in [7, 11) is 0. The van der Waals surface area contributed by atoms with E-state index in [-0.39, 0.29) is 11.7 Å². The zero-order valence-corrected chi connectivity index (χ0v) is 12.4. The van der Waals surface area contributed by atoms with Crippen molar-refractivity contribution in [1.29, 1.82) is 0 Å². The van der Waals surface area contributed by atoms with Gasteiger partial charge in [-0.1, -0.05) is 12.1 Å². The van der Waals surface area contributed by atoms with Gasteiger partial charge in [0.15, 0.2) is 5.78 Å². The zero-order chi connectivity index (χ0) is 14.7. The molecule has 0 spiro atoms. The van der Waals surface area contributed by atoms with Crippen molar-refractivity contribution in [3.63, 3.8) is 0 Å². The maximum Gasteiger partial charge on any atom is 0.242 e. The number of ketones is 1. The first-order chi connectivity index (χ1) is 10.3. The highest BCUT2D eigenvalue weighted by molar-refractivity contribution is 6.02. The maximum absolute atomic E-state index is 12.5. The molecule has 0 bridgehead atoms. The van der Waals surface area contributed by atoms with Gasteiger partial charge in [0.25, 0.3) is 0 Å². The average Bonchev–Trinajstić information content (AvgIpc) is 2.69. The number of fused-ring (bicyclic) bond motifs is 1. The Labute approximate surface area is 125 Å². The lowest BCUT2D eigenvalue weighted by molar-refractivity contribution is -0.130. The van der Waals surface area contributed by atoms with Gasteiger partial charge in [-0.3, -0.25) is 9.59 Å². The number of hydrogen-bond acceptors (Lipinski definition) is 3. The summed E-state index contributed by atoms with van der Waals surface area (Å²) in [6.07, 6.45) is 4.85. The molecule has 1 saturated heterocycles. The average molecular weight is 286 g/mol. The Kier molecular flexibility index (Phi) is 4.23. The molecule has 2 heterocycles. The second kappa shape index (κ2) is 6.29. The van der Waals surface area contributed by atoms with Crippen LogP contribution >= 0.6 is 0 Å². The normalized spacial score (nSPS) is 19.1. The van der Waals surface area contributed by atoms with Gasteiger partial charge < -0.3 is 9.80 Å². The van der Waals surface area contributed by atoms with Crippen LogP contribution in [0, 0.1) is 0 Å². The third-order valence-electron chi connectivity index (χ3n) is 4.41. The Bertz CT molecular complexity index is 535. The SMILES string of the molecule is O=C1CCCN(CC(=O)N2CCCCC2)c2ccccc21. The Balaban J connectivity index is 1.76. The molecular formula is C17H22N2O2. The fourth-order valence-corrected chi connectivity index (χ4v) is 3.24. The molecule has 0 N–H and O–H groups in total. The van der Waals surface area contributed by atoms with Crippen LogP contribution in [0.25, 0.3) is 0 Å². The molecule has 0 atom stereocenters. The zero-order valence-electron chi connectivity index (χ0n) is 12.4. The molecule has 1 aromatic carbocycles. The number of carbonyl (C=O) groups excluding carboxylic acids is 2. The number of Topliss-reactive ketones (excluding diaryl/α,β-unsaturated/α-hetero) is 1. The summed E-state index contributed by atoms with van der Waals surface area (Å²) in [5, 5.41) is 0. The number of piperidine rings is 1. The van der Waals surface area contributed by atoms with Gasteiger partial charge >= 0.3 is 0 Å². The monoisotopic (exact) mass is 286 g/mol. The van der Waals surface area contributed by atoms with Gasteiger partial charge in [0.1, 0.15) is 0 Å². The first-order valence-corrected chi connectivity index (χ1v) is 7.90. The topological polar surface area (TPSA) is 40.6 Å². The lowest BCUT2D eigenvalue weighted by atomic mass is 10.1. The standard InChI is InChI=1S/C17H22N2O2/c20-16-9-6-12-19(15-8-3-2-7-14(15)16)13-17(21)18-10-4-1-5-11-18/h2-3,7-8H,1,4-6,9-13H2. The molecule has 0 aliphatic carbocycles. The third kappa shape index (κ3) is 3.09. The summed E-state index contributed by atoms with van der Waals surface area (Å²) in [6, 6.07) is 7.67. The van der Waals surface area contributed by atoms with Crippen molar-refractivity contribution in [2.45, 2.75) is 32.1 Å². The van der Waals surface area contributed by atoms with E-state index in [1.54, 1.807) is 0 Å². The van der Waals surface area contributed by atoms with Gasteiger partial charge in [-0.15, -0.1) is 0 Å². The highest BCUT2D eigenvalue weighted by Crippen LogP contribution is 2.26. The van der Waals surface area contributed by atoms with Crippen molar-refractivity contribution in [3.05, 3.63) is 29.8 Å². The van der Waals surface area contributed by atoms with E-state index in [0.29, 0.717) is 13.0 Å². The first kappa shape index (κ1) is 14.1. The van der Waals surface area contributed by atoms with Crippen molar-refractivity contribution in [1.82, 2.24) is 4.90 Å². The summed E-state index contributed by atoms with van der Waals surface area (Å²) in [5.74, 6) is 0.386. The van der Waals surface area contributed by atoms with Crippen LogP contribution in [0.15, 0.2) is 24.3 Å². The van der Waals surface area contributed by atoms with Crippen molar-refractivity contribution < 1.29 is 9.59 Å². The number of para-hydroxylation sites is 1. The van der Waals surface area contributed by atoms with E-state index in [1.165, 1.54) is 6.42 Å². The molecule has 1 aromatic rings. The van der Waals surface area contributed by atoms with E-state index in [4.69, 9.17) is 0 Å². The molecule has 3 rings (SSSR count). The van der Waals surface area contributed by atoms with Crippen molar-refractivity contribution in [3.8, 4) is 0 Å². The van der Waals surface area contributed by atoms with Gasteiger partial charge in [-0.2, -0.15) is 0 Å². The highest BCUT2D eigenvalue weighted by Gasteiger charge is 2.24. The van der Waals surface area contributed by atoms with Crippen LogP contribution in [0.2, 0.25) is 0 Å². The highest BCUT2D eigenvalue weighted by atomic mass is 16.2. The minimum absolute atomic E-state index is 0.193. The van der Waals surface area contributed by atoms with Crippen molar-refractivity contribution in [2.24, 2.45) is 0 Å². The Morgan fingerprint density at radius 3 is 2.57 bits per heavy atom. The second-order valence-corrected chi connectivity index (χ2v) is 5.91. The third-order valence-corrected chi connectivity index (χ3v) is 4.41. The maximum atomic E-state index is 12.5. The fraction of sp³-hybridized carbons (Fsp3) is 0.529. The van der Waals surface area contributed by atoms with E-state index < -0.39 is 0 Å². The Hall–Kier alpha value is -1.84. The van der Waals surface area contributed by atoms with Gasteiger partial charge in [0, 0.05) is 37.3 Å². The molecule has 112 valence electrons. The van der Waals surface area contributed by atoms with Crippen LogP contribution in [-0.2, 0) is 4.79 Å². The number of hydrogen-bond donors (Lipinski definition) is 0. The second-order valence-electron chi connectivity index (χ2n) is 5.91. The molecule has 0 aromatic heterocycles. The predicted octanol–water partition coefficient (Wildman–Crippen LogP) is 2.48. The summed E-state index contributed by atoms with van der Waals surface area (Å²) < 4.78 is 0.